The van der Waals surface area contributed by atoms with Gasteiger partial charge in [0.1, 0.15) is 12.4 Å². The number of carbonyl (C=O) groups is 2. The maximum absolute atomic E-state index is 13.4. The number of ether oxygens (including phenoxy) is 2. The molecule has 10 heteroatoms. The zero-order valence-corrected chi connectivity index (χ0v) is 21.6. The molecule has 1 fully saturated rings. The van der Waals surface area contributed by atoms with Crippen LogP contribution in [0.3, 0.4) is 0 Å². The second-order valence-electron chi connectivity index (χ2n) is 9.65. The van der Waals surface area contributed by atoms with Crippen LogP contribution in [0.15, 0.2) is 18.2 Å². The van der Waals surface area contributed by atoms with Gasteiger partial charge in [-0.3, -0.25) is 14.3 Å². The molecule has 1 heterocycles. The minimum Gasteiger partial charge on any atom is -0.491 e. The van der Waals surface area contributed by atoms with Gasteiger partial charge in [0.2, 0.25) is 15.9 Å². The van der Waals surface area contributed by atoms with Crippen LogP contribution < -0.4 is 9.46 Å². The predicted octanol–water partition coefficient (Wildman–Crippen LogP) is 2.58. The quantitative estimate of drug-likeness (QED) is 0.688. The first kappa shape index (κ1) is 26.3. The van der Waals surface area contributed by atoms with Crippen molar-refractivity contribution in [3.05, 3.63) is 23.8 Å². The van der Waals surface area contributed by atoms with E-state index >= 15 is 0 Å². The molecular formula is C24H37N3O6S. The van der Waals surface area contributed by atoms with Crippen LogP contribution in [0, 0.1) is 11.8 Å². The van der Waals surface area contributed by atoms with Gasteiger partial charge in [-0.1, -0.05) is 19.8 Å². The number of hydrogen-bond acceptors (Lipinski definition) is 6. The van der Waals surface area contributed by atoms with Crippen molar-refractivity contribution >= 4 is 27.5 Å². The van der Waals surface area contributed by atoms with Gasteiger partial charge in [-0.15, -0.1) is 0 Å². The lowest BCUT2D eigenvalue weighted by atomic mass is 9.99. The third-order valence-corrected chi connectivity index (χ3v) is 7.34. The summed E-state index contributed by atoms with van der Waals surface area (Å²) in [6.07, 6.45) is 4.77. The first-order valence-electron chi connectivity index (χ1n) is 11.8. The Kier molecular flexibility index (Phi) is 8.46. The zero-order valence-electron chi connectivity index (χ0n) is 20.7. The Bertz CT molecular complexity index is 992. The van der Waals surface area contributed by atoms with Crippen molar-refractivity contribution in [2.75, 3.05) is 44.8 Å². The highest BCUT2D eigenvalue weighted by molar-refractivity contribution is 7.92. The number of methoxy groups -OCH3 is 1. The number of amides is 2. The van der Waals surface area contributed by atoms with E-state index in [4.69, 9.17) is 9.47 Å². The second kappa shape index (κ2) is 10.9. The molecule has 0 saturated heterocycles. The van der Waals surface area contributed by atoms with Crippen molar-refractivity contribution in [1.29, 1.82) is 0 Å². The summed E-state index contributed by atoms with van der Waals surface area (Å²) in [6, 6.07) is 4.38. The molecule has 0 aromatic heterocycles. The predicted molar refractivity (Wildman–Crippen MR) is 130 cm³/mol. The summed E-state index contributed by atoms with van der Waals surface area (Å²) >= 11 is 0. The Labute approximate surface area is 202 Å². The van der Waals surface area contributed by atoms with Crippen LogP contribution >= 0.6 is 0 Å². The van der Waals surface area contributed by atoms with Crippen LogP contribution in [0.1, 0.15) is 49.9 Å². The van der Waals surface area contributed by atoms with Gasteiger partial charge in [-0.05, 0) is 31.9 Å². The molecule has 0 unspecified atom stereocenters. The molecule has 2 aliphatic rings. The summed E-state index contributed by atoms with van der Waals surface area (Å²) < 4.78 is 37.6. The van der Waals surface area contributed by atoms with Crippen molar-refractivity contribution in [2.24, 2.45) is 11.8 Å². The molecule has 9 nitrogen and oxygen atoms in total. The van der Waals surface area contributed by atoms with E-state index in [1.165, 1.54) is 12.1 Å². The summed E-state index contributed by atoms with van der Waals surface area (Å²) in [5.74, 6) is 0.207. The number of sulfonamides is 1. The fourth-order valence-corrected chi connectivity index (χ4v) is 5.32. The third-order valence-electron chi connectivity index (χ3n) is 6.74. The van der Waals surface area contributed by atoms with Gasteiger partial charge in [0.15, 0.2) is 0 Å². The number of fused-ring (bicyclic) bond motifs is 1. The van der Waals surface area contributed by atoms with Crippen LogP contribution in [0.5, 0.6) is 5.75 Å². The molecule has 1 aliphatic heterocycles. The van der Waals surface area contributed by atoms with Gasteiger partial charge in [0.25, 0.3) is 5.91 Å². The number of nitrogens with one attached hydrogen (secondary N) is 1. The van der Waals surface area contributed by atoms with E-state index in [1.54, 1.807) is 25.1 Å². The van der Waals surface area contributed by atoms with E-state index < -0.39 is 10.0 Å². The van der Waals surface area contributed by atoms with Crippen molar-refractivity contribution in [3.8, 4) is 5.75 Å². The molecule has 1 aromatic rings. The lowest BCUT2D eigenvalue weighted by Gasteiger charge is -2.37. The van der Waals surface area contributed by atoms with Gasteiger partial charge in [-0.2, -0.15) is 0 Å². The molecule has 3 rings (SSSR count). The summed E-state index contributed by atoms with van der Waals surface area (Å²) in [5.41, 5.74) is 0.629. The van der Waals surface area contributed by atoms with Gasteiger partial charge >= 0.3 is 0 Å². The molecular weight excluding hydrogens is 458 g/mol. The largest absolute Gasteiger partial charge is 0.491 e. The second-order valence-corrected chi connectivity index (χ2v) is 11.4. The van der Waals surface area contributed by atoms with Crippen molar-refractivity contribution in [2.45, 2.75) is 51.7 Å². The Morgan fingerprint density at radius 3 is 2.47 bits per heavy atom. The Hall–Kier alpha value is -2.33. The molecule has 0 radical (unpaired) electrons. The highest BCUT2D eigenvalue weighted by atomic mass is 32.2. The summed E-state index contributed by atoms with van der Waals surface area (Å²) in [6.45, 7) is 5.01. The van der Waals surface area contributed by atoms with Crippen molar-refractivity contribution in [3.63, 3.8) is 0 Å². The average molecular weight is 496 g/mol. The summed E-state index contributed by atoms with van der Waals surface area (Å²) in [7, 11) is -0.175. The first-order chi connectivity index (χ1) is 16.0. The smallest absolute Gasteiger partial charge is 0.257 e. The number of carbonyl (C=O) groups excluding carboxylic acids is 2. The number of hydrogen-bond donors (Lipinski definition) is 1. The molecule has 1 saturated carbocycles. The Morgan fingerprint density at radius 2 is 1.85 bits per heavy atom. The van der Waals surface area contributed by atoms with Gasteiger partial charge in [0, 0.05) is 45.1 Å². The van der Waals surface area contributed by atoms with Crippen LogP contribution in [-0.2, 0) is 19.6 Å². The highest BCUT2D eigenvalue weighted by Crippen LogP contribution is 2.30. The van der Waals surface area contributed by atoms with Crippen LogP contribution in [0.4, 0.5) is 5.69 Å². The van der Waals surface area contributed by atoms with E-state index in [-0.39, 0.29) is 48.2 Å². The molecule has 1 aliphatic carbocycles. The molecule has 3 atom stereocenters. The van der Waals surface area contributed by atoms with Crippen LogP contribution in [0.2, 0.25) is 0 Å². The molecule has 2 amide bonds. The lowest BCUT2D eigenvalue weighted by molar-refractivity contribution is -0.139. The topological polar surface area (TPSA) is 105 Å². The maximum atomic E-state index is 13.4. The van der Waals surface area contributed by atoms with E-state index in [2.05, 4.69) is 4.72 Å². The van der Waals surface area contributed by atoms with Crippen LogP contribution in [-0.4, -0.2) is 82.3 Å². The number of likely N-dealkylation sites (N-methyl/N-ethyl adjacent to an activating group) is 1. The van der Waals surface area contributed by atoms with E-state index in [0.29, 0.717) is 24.3 Å². The van der Waals surface area contributed by atoms with E-state index in [0.717, 1.165) is 31.9 Å². The SMILES string of the molecule is CO[C@@H]1CN(C)C(=O)c2ccc(NS(C)(=O)=O)cc2OC[C@@H](C)N(C(=O)C2CCCC2)C[C@@H]1C. The molecule has 190 valence electrons. The van der Waals surface area contributed by atoms with Crippen molar-refractivity contribution in [1.82, 2.24) is 9.80 Å². The molecule has 1 aromatic carbocycles. The van der Waals surface area contributed by atoms with Crippen LogP contribution in [0.25, 0.3) is 0 Å². The lowest BCUT2D eigenvalue weighted by Crippen LogP contribution is -2.50. The fourth-order valence-electron chi connectivity index (χ4n) is 4.76. The number of nitrogens with zero attached hydrogens (tertiary/aromatic N) is 2. The third kappa shape index (κ3) is 6.41. The molecule has 0 bridgehead atoms. The number of anilines is 1. The standard InChI is InChI=1S/C24H37N3O6S/c1-16-13-27(23(28)18-8-6-7-9-18)17(2)15-33-21-12-19(25-34(5,30)31)10-11-20(21)24(29)26(3)14-22(16)32-4/h10-12,16-18,22,25H,6-9,13-15H2,1-5H3/t16-,17+,22+/m0/s1. The van der Waals surface area contributed by atoms with E-state index in [9.17, 15) is 18.0 Å². The maximum Gasteiger partial charge on any atom is 0.257 e. The Morgan fingerprint density at radius 1 is 1.18 bits per heavy atom. The molecule has 34 heavy (non-hydrogen) atoms. The van der Waals surface area contributed by atoms with Gasteiger partial charge in [-0.25, -0.2) is 8.42 Å². The monoisotopic (exact) mass is 495 g/mol. The highest BCUT2D eigenvalue weighted by Gasteiger charge is 2.34. The normalized spacial score (nSPS) is 25.2. The molecule has 1 N–H and O–H groups in total. The summed E-state index contributed by atoms with van der Waals surface area (Å²) in [4.78, 5) is 30.1. The molecule has 0 spiro atoms. The van der Waals surface area contributed by atoms with Crippen molar-refractivity contribution < 1.29 is 27.5 Å². The minimum absolute atomic E-state index is 0.00767. The first-order valence-corrected chi connectivity index (χ1v) is 13.7. The Balaban J connectivity index is 1.97. The minimum atomic E-state index is -3.50. The summed E-state index contributed by atoms with van der Waals surface area (Å²) in [5, 5.41) is 0. The van der Waals surface area contributed by atoms with Gasteiger partial charge in [0.05, 0.1) is 29.7 Å². The van der Waals surface area contributed by atoms with E-state index in [1.807, 2.05) is 18.7 Å². The average Bonchev–Trinajstić information content (AvgIpc) is 3.31. The van der Waals surface area contributed by atoms with Gasteiger partial charge < -0.3 is 19.3 Å². The number of benzene rings is 1. The zero-order chi connectivity index (χ0) is 25.0. The fraction of sp³-hybridized carbons (Fsp3) is 0.667. The number of rotatable bonds is 4.